The molecule has 44 heavy (non-hydrogen) atoms. The van der Waals surface area contributed by atoms with Crippen molar-refractivity contribution in [3.63, 3.8) is 0 Å². The largest absolute Gasteiger partial charge is 0.490 e. The lowest BCUT2D eigenvalue weighted by Gasteiger charge is -2.22. The Morgan fingerprint density at radius 2 is 1.70 bits per heavy atom. The average Bonchev–Trinajstić information content (AvgIpc) is 3.41. The van der Waals surface area contributed by atoms with Crippen LogP contribution in [0.4, 0.5) is 18.9 Å². The third-order valence-corrected chi connectivity index (χ3v) is 7.31. The second kappa shape index (κ2) is 15.5. The predicted octanol–water partition coefficient (Wildman–Crippen LogP) is 6.49. The SMILES string of the molecule is CC(CCOc1ccccc1OCC(F)(F)F)N[C@H](C)Cc1cc(C#N)c2c(c1)CCN2CCCOC(=O)c1ccccc1. The van der Waals surface area contributed by atoms with Crippen molar-refractivity contribution < 1.29 is 32.2 Å². The molecule has 10 heteroatoms. The summed E-state index contributed by atoms with van der Waals surface area (Å²) in [6.45, 7) is 4.87. The van der Waals surface area contributed by atoms with Gasteiger partial charge in [0.15, 0.2) is 18.1 Å². The number of anilines is 1. The Labute approximate surface area is 256 Å². The highest BCUT2D eigenvalue weighted by atomic mass is 19.4. The number of carbonyl (C=O) groups excluding carboxylic acids is 1. The minimum Gasteiger partial charge on any atom is -0.490 e. The van der Waals surface area contributed by atoms with E-state index in [0.717, 1.165) is 36.2 Å². The molecule has 2 atom stereocenters. The molecule has 3 aromatic rings. The van der Waals surface area contributed by atoms with Gasteiger partial charge in [-0.15, -0.1) is 0 Å². The zero-order chi connectivity index (χ0) is 31.5. The Kier molecular flexibility index (Phi) is 11.5. The van der Waals surface area contributed by atoms with E-state index in [-0.39, 0.29) is 29.6 Å². The Morgan fingerprint density at radius 3 is 2.41 bits per heavy atom. The molecule has 1 aliphatic heterocycles. The topological polar surface area (TPSA) is 83.8 Å². The molecule has 0 spiro atoms. The molecular weight excluding hydrogens is 571 g/mol. The minimum absolute atomic E-state index is 0.0637. The van der Waals surface area contributed by atoms with Gasteiger partial charge in [-0.25, -0.2) is 4.79 Å². The van der Waals surface area contributed by atoms with Crippen LogP contribution in [0, 0.1) is 11.3 Å². The first-order chi connectivity index (χ1) is 21.1. The summed E-state index contributed by atoms with van der Waals surface area (Å²) in [7, 11) is 0. The van der Waals surface area contributed by atoms with Crippen LogP contribution in [0.2, 0.25) is 0 Å². The minimum atomic E-state index is -4.42. The fourth-order valence-electron chi connectivity index (χ4n) is 5.37. The number of para-hydroxylation sites is 2. The van der Waals surface area contributed by atoms with Crippen LogP contribution in [0.5, 0.6) is 11.5 Å². The molecular formula is C34H38F3N3O4. The van der Waals surface area contributed by atoms with E-state index in [1.807, 2.05) is 19.1 Å². The van der Waals surface area contributed by atoms with Crippen LogP contribution in [0.15, 0.2) is 66.7 Å². The van der Waals surface area contributed by atoms with Crippen molar-refractivity contribution in [3.05, 3.63) is 89.0 Å². The molecule has 0 saturated heterocycles. The summed E-state index contributed by atoms with van der Waals surface area (Å²) in [5.41, 5.74) is 4.38. The summed E-state index contributed by atoms with van der Waals surface area (Å²) < 4.78 is 53.7. The predicted molar refractivity (Wildman–Crippen MR) is 162 cm³/mol. The molecule has 7 nitrogen and oxygen atoms in total. The number of nitrogens with zero attached hydrogens (tertiary/aromatic N) is 2. The van der Waals surface area contributed by atoms with Gasteiger partial charge in [-0.05, 0) is 81.0 Å². The molecule has 1 heterocycles. The van der Waals surface area contributed by atoms with E-state index in [0.29, 0.717) is 43.7 Å². The van der Waals surface area contributed by atoms with Gasteiger partial charge in [0, 0.05) is 25.2 Å². The molecule has 0 amide bonds. The number of ether oxygens (including phenoxy) is 3. The molecule has 1 N–H and O–H groups in total. The molecule has 0 aliphatic carbocycles. The lowest BCUT2D eigenvalue weighted by Crippen LogP contribution is -2.36. The van der Waals surface area contributed by atoms with Crippen molar-refractivity contribution in [1.82, 2.24) is 5.32 Å². The fraction of sp³-hybridized carbons (Fsp3) is 0.412. The van der Waals surface area contributed by atoms with Crippen LogP contribution in [0.1, 0.15) is 53.7 Å². The summed E-state index contributed by atoms with van der Waals surface area (Å²) in [6, 6.07) is 22.0. The quantitative estimate of drug-likeness (QED) is 0.156. The van der Waals surface area contributed by atoms with Gasteiger partial charge in [0.05, 0.1) is 30.0 Å². The van der Waals surface area contributed by atoms with E-state index in [2.05, 4.69) is 29.3 Å². The van der Waals surface area contributed by atoms with E-state index < -0.39 is 12.8 Å². The number of fused-ring (bicyclic) bond motifs is 1. The van der Waals surface area contributed by atoms with Gasteiger partial charge in [0.25, 0.3) is 0 Å². The van der Waals surface area contributed by atoms with Crippen LogP contribution in [-0.4, -0.2) is 57.1 Å². The average molecular weight is 610 g/mol. The highest BCUT2D eigenvalue weighted by molar-refractivity contribution is 5.89. The van der Waals surface area contributed by atoms with Gasteiger partial charge in [-0.1, -0.05) is 36.4 Å². The first-order valence-corrected chi connectivity index (χ1v) is 14.8. The second-order valence-corrected chi connectivity index (χ2v) is 11.0. The van der Waals surface area contributed by atoms with Crippen molar-refractivity contribution in [3.8, 4) is 17.6 Å². The summed E-state index contributed by atoms with van der Waals surface area (Å²) in [4.78, 5) is 14.4. The number of rotatable bonds is 15. The molecule has 0 aromatic heterocycles. The van der Waals surface area contributed by atoms with Crippen molar-refractivity contribution in [2.75, 3.05) is 37.8 Å². The second-order valence-electron chi connectivity index (χ2n) is 11.0. The molecule has 0 radical (unpaired) electrons. The van der Waals surface area contributed by atoms with E-state index in [4.69, 9.17) is 14.2 Å². The van der Waals surface area contributed by atoms with Crippen LogP contribution in [-0.2, 0) is 17.6 Å². The molecule has 3 aromatic carbocycles. The first kappa shape index (κ1) is 32.7. The third kappa shape index (κ3) is 9.64. The van der Waals surface area contributed by atoms with E-state index >= 15 is 0 Å². The summed E-state index contributed by atoms with van der Waals surface area (Å²) >= 11 is 0. The molecule has 234 valence electrons. The highest BCUT2D eigenvalue weighted by Gasteiger charge is 2.29. The summed E-state index contributed by atoms with van der Waals surface area (Å²) in [6.07, 6.45) is -1.53. The number of esters is 1. The number of halogens is 3. The van der Waals surface area contributed by atoms with E-state index in [9.17, 15) is 23.2 Å². The lowest BCUT2D eigenvalue weighted by molar-refractivity contribution is -0.153. The van der Waals surface area contributed by atoms with E-state index in [1.165, 1.54) is 6.07 Å². The summed E-state index contributed by atoms with van der Waals surface area (Å²) in [5, 5.41) is 13.5. The van der Waals surface area contributed by atoms with Gasteiger partial charge < -0.3 is 24.4 Å². The number of benzene rings is 3. The zero-order valence-corrected chi connectivity index (χ0v) is 25.0. The van der Waals surface area contributed by atoms with Gasteiger partial charge >= 0.3 is 12.1 Å². The highest BCUT2D eigenvalue weighted by Crippen LogP contribution is 2.33. The molecule has 1 aliphatic rings. The van der Waals surface area contributed by atoms with Gasteiger partial charge in [0.1, 0.15) is 6.07 Å². The van der Waals surface area contributed by atoms with Gasteiger partial charge in [0.2, 0.25) is 0 Å². The normalized spacial score (nSPS) is 14.0. The van der Waals surface area contributed by atoms with Crippen LogP contribution < -0.4 is 19.7 Å². The van der Waals surface area contributed by atoms with Crippen molar-refractivity contribution >= 4 is 11.7 Å². The number of nitriles is 1. The van der Waals surface area contributed by atoms with Crippen LogP contribution in [0.3, 0.4) is 0 Å². The first-order valence-electron chi connectivity index (χ1n) is 14.8. The Balaban J connectivity index is 1.23. The number of hydrogen-bond acceptors (Lipinski definition) is 7. The Bertz CT molecular complexity index is 1430. The maximum absolute atomic E-state index is 12.6. The molecule has 4 rings (SSSR count). The van der Waals surface area contributed by atoms with Crippen molar-refractivity contribution in [1.29, 1.82) is 5.26 Å². The fourth-order valence-corrected chi connectivity index (χ4v) is 5.37. The monoisotopic (exact) mass is 609 g/mol. The molecule has 0 bridgehead atoms. The third-order valence-electron chi connectivity index (χ3n) is 7.31. The van der Waals surface area contributed by atoms with Crippen molar-refractivity contribution in [2.24, 2.45) is 0 Å². The van der Waals surface area contributed by atoms with Crippen molar-refractivity contribution in [2.45, 2.75) is 57.8 Å². The zero-order valence-electron chi connectivity index (χ0n) is 25.0. The maximum atomic E-state index is 12.6. The molecule has 0 saturated carbocycles. The van der Waals surface area contributed by atoms with Gasteiger partial charge in [-0.3, -0.25) is 0 Å². The smallest absolute Gasteiger partial charge is 0.422 e. The van der Waals surface area contributed by atoms with Gasteiger partial charge in [-0.2, -0.15) is 18.4 Å². The summed E-state index contributed by atoms with van der Waals surface area (Å²) in [5.74, 6) is 0.00864. The Hall–Kier alpha value is -4.23. The number of nitrogens with one attached hydrogen (secondary N) is 1. The molecule has 1 unspecified atom stereocenters. The number of hydrogen-bond donors (Lipinski definition) is 1. The van der Waals surface area contributed by atoms with Crippen LogP contribution >= 0.6 is 0 Å². The number of alkyl halides is 3. The molecule has 0 fully saturated rings. The van der Waals surface area contributed by atoms with Crippen LogP contribution in [0.25, 0.3) is 0 Å². The maximum Gasteiger partial charge on any atom is 0.422 e. The number of carbonyl (C=O) groups is 1. The van der Waals surface area contributed by atoms with E-state index in [1.54, 1.807) is 42.5 Å². The Morgan fingerprint density at radius 1 is 1.00 bits per heavy atom. The lowest BCUT2D eigenvalue weighted by atomic mass is 9.98. The standard InChI is InChI=1S/C34H38F3N3O4/c1-24(14-18-42-30-11-6-7-12-31(30)44-23-34(35,36)37)39-25(2)19-26-20-28-13-16-40(32(28)29(21-26)22-38)15-8-17-43-33(41)27-9-4-3-5-10-27/h3-7,9-12,20-21,24-25,39H,8,13-19,23H2,1-2H3/t24?,25-/m1/s1.